The number of nitrogens with one attached hydrogen (secondary N) is 2. The monoisotopic (exact) mass is 289 g/mol. The maximum Gasteiger partial charge on any atom is 0.228 e. The summed E-state index contributed by atoms with van der Waals surface area (Å²) in [5, 5.41) is 6.43. The minimum atomic E-state index is 0.0975. The normalized spacial score (nSPS) is 18.7. The lowest BCUT2D eigenvalue weighted by molar-refractivity contribution is -0.120. The zero-order chi connectivity index (χ0) is 15.1. The van der Waals surface area contributed by atoms with Gasteiger partial charge in [0.25, 0.3) is 0 Å². The van der Waals surface area contributed by atoms with E-state index in [0.717, 1.165) is 51.3 Å². The van der Waals surface area contributed by atoms with Crippen LogP contribution in [0.4, 0.5) is 5.69 Å². The van der Waals surface area contributed by atoms with Gasteiger partial charge in [0.2, 0.25) is 5.91 Å². The summed E-state index contributed by atoms with van der Waals surface area (Å²) in [6, 6.07) is 8.14. The van der Waals surface area contributed by atoms with Crippen LogP contribution in [0.1, 0.15) is 32.3 Å². The molecule has 0 aliphatic carbocycles. The van der Waals surface area contributed by atoms with Gasteiger partial charge in [0, 0.05) is 18.8 Å². The molecule has 0 spiro atoms. The lowest BCUT2D eigenvalue weighted by Gasteiger charge is -2.24. The molecule has 2 rings (SSSR count). The Balaban J connectivity index is 2.03. The molecule has 0 bridgehead atoms. The summed E-state index contributed by atoms with van der Waals surface area (Å²) in [5.41, 5.74) is 2.15. The van der Waals surface area contributed by atoms with E-state index in [1.165, 1.54) is 5.56 Å². The van der Waals surface area contributed by atoms with Crippen molar-refractivity contribution < 1.29 is 4.79 Å². The van der Waals surface area contributed by atoms with Crippen LogP contribution < -0.4 is 10.6 Å². The quantitative estimate of drug-likeness (QED) is 0.845. The van der Waals surface area contributed by atoms with Gasteiger partial charge in [-0.1, -0.05) is 32.0 Å². The molecule has 1 fully saturated rings. The Morgan fingerprint density at radius 1 is 1.33 bits per heavy atom. The third kappa shape index (κ3) is 4.55. The molecule has 1 aromatic carbocycles. The van der Waals surface area contributed by atoms with Crippen molar-refractivity contribution in [3.63, 3.8) is 0 Å². The molecule has 1 amide bonds. The minimum absolute atomic E-state index is 0.0975. The lowest BCUT2D eigenvalue weighted by atomic mass is 9.98. The third-order valence-electron chi connectivity index (χ3n) is 4.23. The summed E-state index contributed by atoms with van der Waals surface area (Å²) in [6.45, 7) is 9.08. The number of amides is 1. The predicted molar refractivity (Wildman–Crippen MR) is 87.3 cm³/mol. The van der Waals surface area contributed by atoms with Crippen molar-refractivity contribution in [2.24, 2.45) is 5.92 Å². The highest BCUT2D eigenvalue weighted by atomic mass is 16.1. The minimum Gasteiger partial charge on any atom is -0.326 e. The molecule has 2 N–H and O–H groups in total. The van der Waals surface area contributed by atoms with Crippen LogP contribution in [0.3, 0.4) is 0 Å². The SMILES string of the molecule is CCN(CC)Cc1ccccc1NC(=O)[C@H]1CCCNC1. The van der Waals surface area contributed by atoms with Crippen LogP contribution in [0.2, 0.25) is 0 Å². The molecular formula is C17H27N3O. The smallest absolute Gasteiger partial charge is 0.228 e. The van der Waals surface area contributed by atoms with Gasteiger partial charge < -0.3 is 10.6 Å². The molecule has 0 radical (unpaired) electrons. The second-order valence-corrected chi connectivity index (χ2v) is 5.65. The Kier molecular flexibility index (Phi) is 6.21. The molecule has 1 atom stereocenters. The van der Waals surface area contributed by atoms with Gasteiger partial charge in [-0.25, -0.2) is 0 Å². The fourth-order valence-corrected chi connectivity index (χ4v) is 2.78. The van der Waals surface area contributed by atoms with E-state index in [1.807, 2.05) is 18.2 Å². The number of rotatable bonds is 6. The van der Waals surface area contributed by atoms with E-state index in [2.05, 4.69) is 35.4 Å². The first kappa shape index (κ1) is 16.0. The molecule has 0 aromatic heterocycles. The van der Waals surface area contributed by atoms with Crippen molar-refractivity contribution in [2.75, 3.05) is 31.5 Å². The summed E-state index contributed by atoms with van der Waals surface area (Å²) >= 11 is 0. The van der Waals surface area contributed by atoms with Gasteiger partial charge >= 0.3 is 0 Å². The summed E-state index contributed by atoms with van der Waals surface area (Å²) in [7, 11) is 0. The van der Waals surface area contributed by atoms with Crippen LogP contribution in [-0.2, 0) is 11.3 Å². The molecule has 4 nitrogen and oxygen atoms in total. The summed E-state index contributed by atoms with van der Waals surface area (Å²) in [4.78, 5) is 14.7. The van der Waals surface area contributed by atoms with Crippen LogP contribution >= 0.6 is 0 Å². The first-order chi connectivity index (χ1) is 10.2. The van der Waals surface area contributed by atoms with Gasteiger partial charge in [-0.05, 0) is 44.1 Å². The van der Waals surface area contributed by atoms with Crippen molar-refractivity contribution in [1.29, 1.82) is 0 Å². The Morgan fingerprint density at radius 2 is 2.10 bits per heavy atom. The summed E-state index contributed by atoms with van der Waals surface area (Å²) < 4.78 is 0. The van der Waals surface area contributed by atoms with E-state index in [1.54, 1.807) is 0 Å². The van der Waals surface area contributed by atoms with Gasteiger partial charge in [-0.2, -0.15) is 0 Å². The topological polar surface area (TPSA) is 44.4 Å². The van der Waals surface area contributed by atoms with Gasteiger partial charge in [-0.15, -0.1) is 0 Å². The number of nitrogens with zero attached hydrogens (tertiary/aromatic N) is 1. The molecule has 1 heterocycles. The largest absolute Gasteiger partial charge is 0.326 e. The summed E-state index contributed by atoms with van der Waals surface area (Å²) in [5.74, 6) is 0.245. The fraction of sp³-hybridized carbons (Fsp3) is 0.588. The number of anilines is 1. The molecule has 21 heavy (non-hydrogen) atoms. The number of piperidine rings is 1. The van der Waals surface area contributed by atoms with Gasteiger partial charge in [0.15, 0.2) is 0 Å². The summed E-state index contributed by atoms with van der Waals surface area (Å²) in [6.07, 6.45) is 2.07. The number of carbonyl (C=O) groups is 1. The number of hydrogen-bond donors (Lipinski definition) is 2. The molecule has 116 valence electrons. The van der Waals surface area contributed by atoms with E-state index in [0.29, 0.717) is 0 Å². The molecule has 4 heteroatoms. The zero-order valence-electron chi connectivity index (χ0n) is 13.2. The van der Waals surface area contributed by atoms with E-state index >= 15 is 0 Å². The van der Waals surface area contributed by atoms with Gasteiger partial charge in [-0.3, -0.25) is 9.69 Å². The Hall–Kier alpha value is -1.39. The lowest BCUT2D eigenvalue weighted by Crippen LogP contribution is -2.37. The van der Waals surface area contributed by atoms with Crippen LogP contribution in [-0.4, -0.2) is 37.0 Å². The van der Waals surface area contributed by atoms with Crippen molar-refractivity contribution >= 4 is 11.6 Å². The van der Waals surface area contributed by atoms with Crippen molar-refractivity contribution in [3.05, 3.63) is 29.8 Å². The average molecular weight is 289 g/mol. The average Bonchev–Trinajstić information content (AvgIpc) is 2.54. The number of hydrogen-bond acceptors (Lipinski definition) is 3. The highest BCUT2D eigenvalue weighted by Gasteiger charge is 2.21. The maximum atomic E-state index is 12.4. The number of carbonyl (C=O) groups excluding carboxylic acids is 1. The van der Waals surface area contributed by atoms with Crippen molar-refractivity contribution in [2.45, 2.75) is 33.2 Å². The first-order valence-corrected chi connectivity index (χ1v) is 8.06. The van der Waals surface area contributed by atoms with Gasteiger partial charge in [0.05, 0.1) is 5.92 Å². The number of para-hydroxylation sites is 1. The standard InChI is InChI=1S/C17H27N3O/c1-3-20(4-2)13-15-8-5-6-10-16(15)19-17(21)14-9-7-11-18-12-14/h5-6,8,10,14,18H,3-4,7,9,11-13H2,1-2H3,(H,19,21)/t14-/m0/s1. The Bertz CT molecular complexity index is 451. The van der Waals surface area contributed by atoms with Crippen LogP contribution in [0.5, 0.6) is 0 Å². The highest BCUT2D eigenvalue weighted by Crippen LogP contribution is 2.19. The number of benzene rings is 1. The van der Waals surface area contributed by atoms with Crippen molar-refractivity contribution in [1.82, 2.24) is 10.2 Å². The molecule has 1 saturated heterocycles. The van der Waals surface area contributed by atoms with Crippen LogP contribution in [0.25, 0.3) is 0 Å². The van der Waals surface area contributed by atoms with E-state index < -0.39 is 0 Å². The van der Waals surface area contributed by atoms with Crippen LogP contribution in [0, 0.1) is 5.92 Å². The second-order valence-electron chi connectivity index (χ2n) is 5.65. The van der Waals surface area contributed by atoms with Gasteiger partial charge in [0.1, 0.15) is 0 Å². The molecule has 0 saturated carbocycles. The van der Waals surface area contributed by atoms with Crippen molar-refractivity contribution in [3.8, 4) is 0 Å². The van der Waals surface area contributed by atoms with E-state index in [4.69, 9.17) is 0 Å². The fourth-order valence-electron chi connectivity index (χ4n) is 2.78. The first-order valence-electron chi connectivity index (χ1n) is 8.06. The highest BCUT2D eigenvalue weighted by molar-refractivity contribution is 5.93. The van der Waals surface area contributed by atoms with Crippen LogP contribution in [0.15, 0.2) is 24.3 Å². The maximum absolute atomic E-state index is 12.4. The zero-order valence-corrected chi connectivity index (χ0v) is 13.2. The predicted octanol–water partition coefficient (Wildman–Crippen LogP) is 2.47. The molecular weight excluding hydrogens is 262 g/mol. The molecule has 1 aliphatic heterocycles. The Labute approximate surface area is 127 Å². The molecule has 1 aromatic rings. The Morgan fingerprint density at radius 3 is 2.76 bits per heavy atom. The molecule has 1 aliphatic rings. The van der Waals surface area contributed by atoms with E-state index in [-0.39, 0.29) is 11.8 Å². The van der Waals surface area contributed by atoms with E-state index in [9.17, 15) is 4.79 Å². The third-order valence-corrected chi connectivity index (χ3v) is 4.23. The molecule has 0 unspecified atom stereocenters. The second kappa shape index (κ2) is 8.15.